The third kappa shape index (κ3) is 2.81. The molecule has 112 valence electrons. The fourth-order valence-electron chi connectivity index (χ4n) is 2.30. The van der Waals surface area contributed by atoms with Crippen LogP contribution in [0.3, 0.4) is 0 Å². The topological polar surface area (TPSA) is 73.7 Å². The third-order valence-electron chi connectivity index (χ3n) is 3.37. The van der Waals surface area contributed by atoms with E-state index < -0.39 is 5.97 Å². The molecule has 2 heterocycles. The smallest absolute Gasteiger partial charge is 0.356 e. The lowest BCUT2D eigenvalue weighted by molar-refractivity contribution is 0.0593. The standard InChI is InChI=1S/C16H15N3O3/c1-10-17-12(8-14(18-10)16(20)21-2)13-9-15(22-19-13)11-6-4-3-5-7-11/h3-8,15H,9H2,1-2H3/t15-/m1/s1. The van der Waals surface area contributed by atoms with Gasteiger partial charge in [0.25, 0.3) is 0 Å². The van der Waals surface area contributed by atoms with Gasteiger partial charge in [0.15, 0.2) is 11.8 Å². The van der Waals surface area contributed by atoms with Gasteiger partial charge in [0, 0.05) is 6.42 Å². The lowest BCUT2D eigenvalue weighted by Crippen LogP contribution is -2.11. The lowest BCUT2D eigenvalue weighted by atomic mass is 10.0. The van der Waals surface area contributed by atoms with E-state index in [9.17, 15) is 4.79 Å². The second-order valence-corrected chi connectivity index (χ2v) is 4.92. The summed E-state index contributed by atoms with van der Waals surface area (Å²) in [6.45, 7) is 1.72. The van der Waals surface area contributed by atoms with E-state index in [2.05, 4.69) is 15.1 Å². The van der Waals surface area contributed by atoms with E-state index in [1.54, 1.807) is 13.0 Å². The van der Waals surface area contributed by atoms with E-state index in [1.165, 1.54) is 7.11 Å². The molecule has 0 amide bonds. The zero-order valence-electron chi connectivity index (χ0n) is 12.3. The van der Waals surface area contributed by atoms with Gasteiger partial charge in [0.05, 0.1) is 12.8 Å². The fraction of sp³-hybridized carbons (Fsp3) is 0.250. The molecule has 6 nitrogen and oxygen atoms in total. The minimum Gasteiger partial charge on any atom is -0.464 e. The van der Waals surface area contributed by atoms with Crippen molar-refractivity contribution < 1.29 is 14.4 Å². The molecule has 0 N–H and O–H groups in total. The van der Waals surface area contributed by atoms with Crippen LogP contribution in [0, 0.1) is 6.92 Å². The minimum atomic E-state index is -0.495. The maximum absolute atomic E-state index is 11.6. The monoisotopic (exact) mass is 297 g/mol. The van der Waals surface area contributed by atoms with Crippen LogP contribution in [0.15, 0.2) is 41.6 Å². The highest BCUT2D eigenvalue weighted by Crippen LogP contribution is 2.28. The molecule has 0 aliphatic carbocycles. The van der Waals surface area contributed by atoms with E-state index in [0.29, 0.717) is 23.7 Å². The number of hydrogen-bond acceptors (Lipinski definition) is 6. The van der Waals surface area contributed by atoms with Gasteiger partial charge in [-0.3, -0.25) is 0 Å². The van der Waals surface area contributed by atoms with E-state index in [1.807, 2.05) is 30.3 Å². The molecule has 2 aromatic rings. The first-order valence-electron chi connectivity index (χ1n) is 6.89. The molecule has 0 fully saturated rings. The molecule has 3 rings (SSSR count). The van der Waals surface area contributed by atoms with Gasteiger partial charge in [-0.2, -0.15) is 0 Å². The number of aromatic nitrogens is 2. The quantitative estimate of drug-likeness (QED) is 0.813. The van der Waals surface area contributed by atoms with Crippen LogP contribution in [0.1, 0.15) is 40.1 Å². The number of benzene rings is 1. The van der Waals surface area contributed by atoms with E-state index in [-0.39, 0.29) is 11.8 Å². The van der Waals surface area contributed by atoms with Gasteiger partial charge in [-0.1, -0.05) is 35.5 Å². The van der Waals surface area contributed by atoms with Crippen molar-refractivity contribution in [3.05, 3.63) is 59.2 Å². The number of oxime groups is 1. The molecule has 6 heteroatoms. The SMILES string of the molecule is COC(=O)c1cc(C2=NO[C@@H](c3ccccc3)C2)nc(C)n1. The second kappa shape index (κ2) is 5.93. The number of rotatable bonds is 3. The zero-order valence-corrected chi connectivity index (χ0v) is 12.3. The summed E-state index contributed by atoms with van der Waals surface area (Å²) in [5, 5.41) is 4.11. The third-order valence-corrected chi connectivity index (χ3v) is 3.37. The van der Waals surface area contributed by atoms with Crippen LogP contribution < -0.4 is 0 Å². The normalized spacial score (nSPS) is 16.8. The van der Waals surface area contributed by atoms with Crippen LogP contribution in [0.25, 0.3) is 0 Å². The summed E-state index contributed by atoms with van der Waals surface area (Å²) in [7, 11) is 1.32. The average Bonchev–Trinajstić information content (AvgIpc) is 3.04. The minimum absolute atomic E-state index is 0.131. The molecule has 1 aliphatic rings. The molecule has 1 atom stereocenters. The number of esters is 1. The number of methoxy groups -OCH3 is 1. The van der Waals surface area contributed by atoms with Crippen molar-refractivity contribution in [3.63, 3.8) is 0 Å². The van der Waals surface area contributed by atoms with Crippen LogP contribution in [-0.2, 0) is 9.57 Å². The van der Waals surface area contributed by atoms with E-state index in [4.69, 9.17) is 9.57 Å². The molecule has 0 spiro atoms. The molecular weight excluding hydrogens is 282 g/mol. The molecule has 22 heavy (non-hydrogen) atoms. The Morgan fingerprint density at radius 2 is 2.05 bits per heavy atom. The van der Waals surface area contributed by atoms with Crippen LogP contribution in [-0.4, -0.2) is 28.8 Å². The Morgan fingerprint density at radius 1 is 1.27 bits per heavy atom. The summed E-state index contributed by atoms with van der Waals surface area (Å²) < 4.78 is 4.70. The fourth-order valence-corrected chi connectivity index (χ4v) is 2.30. The van der Waals surface area contributed by atoms with Crippen LogP contribution in [0.5, 0.6) is 0 Å². The van der Waals surface area contributed by atoms with Gasteiger partial charge in [-0.15, -0.1) is 0 Å². The summed E-state index contributed by atoms with van der Waals surface area (Å²) in [6, 6.07) is 11.4. The van der Waals surface area contributed by atoms with Crippen LogP contribution in [0.2, 0.25) is 0 Å². The van der Waals surface area contributed by atoms with Gasteiger partial charge in [-0.05, 0) is 18.6 Å². The molecule has 0 radical (unpaired) electrons. The molecular formula is C16H15N3O3. The number of nitrogens with zero attached hydrogens (tertiary/aromatic N) is 3. The number of ether oxygens (including phenoxy) is 1. The largest absolute Gasteiger partial charge is 0.464 e. The Bertz CT molecular complexity index is 729. The molecule has 0 saturated carbocycles. The Morgan fingerprint density at radius 3 is 2.77 bits per heavy atom. The molecule has 1 aromatic carbocycles. The maximum atomic E-state index is 11.6. The first-order valence-corrected chi connectivity index (χ1v) is 6.89. The number of carbonyl (C=O) groups excluding carboxylic acids is 1. The first kappa shape index (κ1) is 14.2. The number of carbonyl (C=O) groups is 1. The second-order valence-electron chi connectivity index (χ2n) is 4.92. The first-order chi connectivity index (χ1) is 10.7. The molecule has 0 unspecified atom stereocenters. The number of hydrogen-bond donors (Lipinski definition) is 0. The van der Waals surface area contributed by atoms with E-state index >= 15 is 0 Å². The van der Waals surface area contributed by atoms with Crippen molar-refractivity contribution in [1.29, 1.82) is 0 Å². The Labute approximate surface area is 127 Å². The van der Waals surface area contributed by atoms with Gasteiger partial charge in [0.2, 0.25) is 0 Å². The van der Waals surface area contributed by atoms with Gasteiger partial charge in [-0.25, -0.2) is 14.8 Å². The summed E-state index contributed by atoms with van der Waals surface area (Å²) >= 11 is 0. The van der Waals surface area contributed by atoms with Crippen molar-refractivity contribution in [2.24, 2.45) is 5.16 Å². The van der Waals surface area contributed by atoms with Gasteiger partial charge < -0.3 is 9.57 Å². The molecule has 1 aliphatic heterocycles. The predicted octanol–water partition coefficient (Wildman–Crippen LogP) is 2.44. The Balaban J connectivity index is 1.84. The van der Waals surface area contributed by atoms with Crippen molar-refractivity contribution in [2.75, 3.05) is 7.11 Å². The Kier molecular flexibility index (Phi) is 3.82. The highest BCUT2D eigenvalue weighted by molar-refractivity contribution is 6.01. The van der Waals surface area contributed by atoms with Crippen LogP contribution >= 0.6 is 0 Å². The maximum Gasteiger partial charge on any atom is 0.356 e. The summed E-state index contributed by atoms with van der Waals surface area (Å²) in [5.41, 5.74) is 2.56. The van der Waals surface area contributed by atoms with E-state index in [0.717, 1.165) is 5.56 Å². The number of aryl methyl sites for hydroxylation is 1. The van der Waals surface area contributed by atoms with Gasteiger partial charge in [0.1, 0.15) is 11.5 Å². The summed E-state index contributed by atoms with van der Waals surface area (Å²) in [4.78, 5) is 25.5. The highest BCUT2D eigenvalue weighted by atomic mass is 16.6. The molecule has 0 bridgehead atoms. The van der Waals surface area contributed by atoms with Crippen molar-refractivity contribution in [3.8, 4) is 0 Å². The zero-order chi connectivity index (χ0) is 15.5. The Hall–Kier alpha value is -2.76. The van der Waals surface area contributed by atoms with Gasteiger partial charge >= 0.3 is 5.97 Å². The molecule has 0 saturated heterocycles. The van der Waals surface area contributed by atoms with Crippen molar-refractivity contribution >= 4 is 11.7 Å². The van der Waals surface area contributed by atoms with Crippen molar-refractivity contribution in [2.45, 2.75) is 19.4 Å². The van der Waals surface area contributed by atoms with Crippen molar-refractivity contribution in [1.82, 2.24) is 9.97 Å². The average molecular weight is 297 g/mol. The highest BCUT2D eigenvalue weighted by Gasteiger charge is 2.25. The lowest BCUT2D eigenvalue weighted by Gasteiger charge is -2.07. The summed E-state index contributed by atoms with van der Waals surface area (Å²) in [5.74, 6) is -0.00497. The van der Waals surface area contributed by atoms with Crippen LogP contribution in [0.4, 0.5) is 0 Å². The summed E-state index contributed by atoms with van der Waals surface area (Å²) in [6.07, 6.45) is 0.467. The molecule has 1 aromatic heterocycles. The predicted molar refractivity (Wildman–Crippen MR) is 79.5 cm³/mol.